The van der Waals surface area contributed by atoms with Gasteiger partial charge in [-0.15, -0.1) is 0 Å². The molecule has 1 aliphatic rings. The molecule has 0 amide bonds. The van der Waals surface area contributed by atoms with Crippen LogP contribution in [0, 0.1) is 5.82 Å². The van der Waals surface area contributed by atoms with Crippen molar-refractivity contribution in [2.75, 3.05) is 38.1 Å². The van der Waals surface area contributed by atoms with Gasteiger partial charge in [0.25, 0.3) is 0 Å². The summed E-state index contributed by atoms with van der Waals surface area (Å²) >= 11 is 0. The summed E-state index contributed by atoms with van der Waals surface area (Å²) in [6.45, 7) is 4.34. The van der Waals surface area contributed by atoms with Crippen molar-refractivity contribution in [3.05, 3.63) is 65.5 Å². The van der Waals surface area contributed by atoms with E-state index in [0.29, 0.717) is 5.56 Å². The number of hydrogen-bond acceptors (Lipinski definition) is 4. The number of benzene rings is 2. The van der Waals surface area contributed by atoms with Crippen LogP contribution in [0.2, 0.25) is 0 Å². The summed E-state index contributed by atoms with van der Waals surface area (Å²) in [6.07, 6.45) is 0. The van der Waals surface area contributed by atoms with Crippen molar-refractivity contribution in [2.24, 2.45) is 0 Å². The molecule has 26 heavy (non-hydrogen) atoms. The van der Waals surface area contributed by atoms with E-state index in [0.717, 1.165) is 37.4 Å². The molecular weight excluding hydrogens is 353 g/mol. The average Bonchev–Trinajstić information content (AvgIpc) is 2.63. The van der Waals surface area contributed by atoms with Crippen molar-refractivity contribution in [3.63, 3.8) is 0 Å². The van der Waals surface area contributed by atoms with Gasteiger partial charge in [0.15, 0.2) is 0 Å². The van der Waals surface area contributed by atoms with Crippen molar-refractivity contribution >= 4 is 15.7 Å². The maximum absolute atomic E-state index is 12.9. The summed E-state index contributed by atoms with van der Waals surface area (Å²) in [5, 5.41) is 0. The Kier molecular flexibility index (Phi) is 5.90. The smallest absolute Gasteiger partial charge is 0.216 e. The number of nitrogens with one attached hydrogen (secondary N) is 1. The summed E-state index contributed by atoms with van der Waals surface area (Å²) in [4.78, 5) is 4.64. The predicted molar refractivity (Wildman–Crippen MR) is 102 cm³/mol. The van der Waals surface area contributed by atoms with Crippen LogP contribution in [0.3, 0.4) is 0 Å². The fraction of sp³-hybridized carbons (Fsp3) is 0.368. The Morgan fingerprint density at radius 1 is 0.923 bits per heavy atom. The van der Waals surface area contributed by atoms with Crippen LogP contribution < -0.4 is 9.62 Å². The molecular formula is C19H24FN3O2S. The van der Waals surface area contributed by atoms with Crippen molar-refractivity contribution in [3.8, 4) is 0 Å². The third-order valence-electron chi connectivity index (χ3n) is 4.57. The van der Waals surface area contributed by atoms with E-state index in [2.05, 4.69) is 21.6 Å². The highest BCUT2D eigenvalue weighted by Crippen LogP contribution is 2.17. The van der Waals surface area contributed by atoms with Gasteiger partial charge in [0.1, 0.15) is 5.82 Å². The molecule has 1 aliphatic heterocycles. The van der Waals surface area contributed by atoms with E-state index < -0.39 is 10.0 Å². The normalized spacial score (nSPS) is 16.0. The summed E-state index contributed by atoms with van der Waals surface area (Å²) < 4.78 is 39.9. The first-order valence-electron chi connectivity index (χ1n) is 8.65. The van der Waals surface area contributed by atoms with E-state index in [9.17, 15) is 12.8 Å². The van der Waals surface area contributed by atoms with Crippen LogP contribution in [0.15, 0.2) is 48.5 Å². The lowest BCUT2D eigenvalue weighted by molar-refractivity contribution is 0.313. The fourth-order valence-electron chi connectivity index (χ4n) is 2.93. The SMILES string of the molecule is CN1CCN(c2ccc(CNS(=O)(=O)Cc3ccc(F)cc3)cc2)CC1. The van der Waals surface area contributed by atoms with Gasteiger partial charge in [-0.25, -0.2) is 17.5 Å². The van der Waals surface area contributed by atoms with Gasteiger partial charge >= 0.3 is 0 Å². The van der Waals surface area contributed by atoms with E-state index >= 15 is 0 Å². The zero-order chi connectivity index (χ0) is 18.6. The van der Waals surface area contributed by atoms with Crippen LogP contribution in [0.4, 0.5) is 10.1 Å². The molecule has 0 atom stereocenters. The maximum Gasteiger partial charge on any atom is 0.216 e. The molecule has 1 N–H and O–H groups in total. The molecule has 0 saturated carbocycles. The minimum absolute atomic E-state index is 0.160. The predicted octanol–water partition coefficient (Wildman–Crippen LogP) is 2.20. The minimum Gasteiger partial charge on any atom is -0.369 e. The highest BCUT2D eigenvalue weighted by Gasteiger charge is 2.15. The summed E-state index contributed by atoms with van der Waals surface area (Å²) in [6, 6.07) is 13.5. The highest BCUT2D eigenvalue weighted by molar-refractivity contribution is 7.88. The second kappa shape index (κ2) is 8.16. The lowest BCUT2D eigenvalue weighted by Gasteiger charge is -2.34. The van der Waals surface area contributed by atoms with Crippen LogP contribution in [0.25, 0.3) is 0 Å². The molecule has 1 heterocycles. The first-order valence-corrected chi connectivity index (χ1v) is 10.3. The topological polar surface area (TPSA) is 52.6 Å². The third-order valence-corrected chi connectivity index (χ3v) is 5.87. The standard InChI is InChI=1S/C19H24FN3O2S/c1-22-10-12-23(13-11-22)19-8-4-16(5-9-19)14-21-26(24,25)15-17-2-6-18(20)7-3-17/h2-9,21H,10-15H2,1H3. The molecule has 2 aromatic rings. The van der Waals surface area contributed by atoms with Crippen LogP contribution in [-0.4, -0.2) is 46.5 Å². The second-order valence-corrected chi connectivity index (χ2v) is 8.47. The Balaban J connectivity index is 1.54. The lowest BCUT2D eigenvalue weighted by atomic mass is 10.2. The molecule has 1 saturated heterocycles. The molecule has 1 fully saturated rings. The Bertz CT molecular complexity index is 815. The number of rotatable bonds is 6. The first kappa shape index (κ1) is 18.8. The van der Waals surface area contributed by atoms with Crippen molar-refractivity contribution < 1.29 is 12.8 Å². The zero-order valence-corrected chi connectivity index (χ0v) is 15.7. The highest BCUT2D eigenvalue weighted by atomic mass is 32.2. The second-order valence-electron chi connectivity index (χ2n) is 6.66. The molecule has 0 unspecified atom stereocenters. The Labute approximate surface area is 154 Å². The molecule has 0 spiro atoms. The van der Waals surface area contributed by atoms with E-state index in [1.165, 1.54) is 24.3 Å². The number of sulfonamides is 1. The number of nitrogens with zero attached hydrogens (tertiary/aromatic N) is 2. The van der Waals surface area contributed by atoms with Crippen LogP contribution >= 0.6 is 0 Å². The monoisotopic (exact) mass is 377 g/mol. The lowest BCUT2D eigenvalue weighted by Crippen LogP contribution is -2.44. The van der Waals surface area contributed by atoms with Gasteiger partial charge in [-0.05, 0) is 42.4 Å². The maximum atomic E-state index is 12.9. The first-order chi connectivity index (χ1) is 12.4. The quantitative estimate of drug-likeness (QED) is 0.839. The zero-order valence-electron chi connectivity index (χ0n) is 14.9. The molecule has 0 bridgehead atoms. The molecule has 0 aromatic heterocycles. The summed E-state index contributed by atoms with van der Waals surface area (Å²) in [5.41, 5.74) is 2.63. The molecule has 0 radical (unpaired) electrons. The molecule has 0 aliphatic carbocycles. The van der Waals surface area contributed by atoms with E-state index in [4.69, 9.17) is 0 Å². The van der Waals surface area contributed by atoms with Crippen molar-refractivity contribution in [2.45, 2.75) is 12.3 Å². The van der Waals surface area contributed by atoms with Crippen LogP contribution in [0.1, 0.15) is 11.1 Å². The minimum atomic E-state index is -3.47. The number of hydrogen-bond donors (Lipinski definition) is 1. The summed E-state index contributed by atoms with van der Waals surface area (Å²) in [5.74, 6) is -0.535. The van der Waals surface area contributed by atoms with Gasteiger partial charge < -0.3 is 9.80 Å². The van der Waals surface area contributed by atoms with Crippen molar-refractivity contribution in [1.29, 1.82) is 0 Å². The Morgan fingerprint density at radius 2 is 1.50 bits per heavy atom. The molecule has 3 rings (SSSR count). The molecule has 2 aromatic carbocycles. The summed E-state index contributed by atoms with van der Waals surface area (Å²) in [7, 11) is -1.35. The van der Waals surface area contributed by atoms with Gasteiger partial charge in [-0.3, -0.25) is 0 Å². The van der Waals surface area contributed by atoms with E-state index in [1.54, 1.807) is 0 Å². The van der Waals surface area contributed by atoms with Gasteiger partial charge in [0.05, 0.1) is 5.75 Å². The van der Waals surface area contributed by atoms with Gasteiger partial charge in [0, 0.05) is 38.4 Å². The Morgan fingerprint density at radius 3 is 2.12 bits per heavy atom. The average molecular weight is 377 g/mol. The largest absolute Gasteiger partial charge is 0.369 e. The third kappa shape index (κ3) is 5.27. The van der Waals surface area contributed by atoms with Crippen molar-refractivity contribution in [1.82, 2.24) is 9.62 Å². The van der Waals surface area contributed by atoms with E-state index in [1.807, 2.05) is 24.3 Å². The van der Waals surface area contributed by atoms with Crippen LogP contribution in [0.5, 0.6) is 0 Å². The van der Waals surface area contributed by atoms with Crippen LogP contribution in [-0.2, 0) is 22.3 Å². The number of halogens is 1. The Hall–Kier alpha value is -1.96. The molecule has 5 nitrogen and oxygen atoms in total. The fourth-order valence-corrected chi connectivity index (χ4v) is 4.05. The molecule has 7 heteroatoms. The van der Waals surface area contributed by atoms with Gasteiger partial charge in [-0.2, -0.15) is 0 Å². The number of anilines is 1. The van der Waals surface area contributed by atoms with Gasteiger partial charge in [-0.1, -0.05) is 24.3 Å². The number of piperazine rings is 1. The number of likely N-dealkylation sites (N-methyl/N-ethyl adjacent to an activating group) is 1. The molecule has 140 valence electrons. The van der Waals surface area contributed by atoms with E-state index in [-0.39, 0.29) is 18.1 Å². The van der Waals surface area contributed by atoms with Gasteiger partial charge in [0.2, 0.25) is 10.0 Å².